The third-order valence-corrected chi connectivity index (χ3v) is 9.14. The summed E-state index contributed by atoms with van der Waals surface area (Å²) in [6, 6.07) is 16.6. The number of hydrogen-bond acceptors (Lipinski definition) is 6. The Labute approximate surface area is 251 Å². The highest BCUT2D eigenvalue weighted by Crippen LogP contribution is 2.31. The van der Waals surface area contributed by atoms with Gasteiger partial charge in [-0.2, -0.15) is 5.10 Å². The second-order valence-electron chi connectivity index (χ2n) is 12.0. The molecule has 2 fully saturated rings. The maximum atomic E-state index is 15.1. The standard InChI is InChI=1S/C34H39FN6O2/c1-22-16-27(7-8-28(22)18-36)33-31-17-23(19-41(31)38-21-37-33)2-9-29(35)20-40-14-12-25(13-15-40)24-3-5-26(6-4-24)30-10-11-32(42)39-34(30)43/h3-8,16-17,19,21,25,29-30H,2,9-15,18,20,36H2,1H3,(H,39,42,43). The van der Waals surface area contributed by atoms with Crippen LogP contribution in [-0.4, -0.2) is 57.1 Å². The minimum Gasteiger partial charge on any atom is -0.326 e. The summed E-state index contributed by atoms with van der Waals surface area (Å²) in [5.41, 5.74) is 14.2. The van der Waals surface area contributed by atoms with Crippen LogP contribution in [0.2, 0.25) is 0 Å². The third kappa shape index (κ3) is 6.53. The largest absolute Gasteiger partial charge is 0.326 e. The van der Waals surface area contributed by atoms with Gasteiger partial charge in [0, 0.05) is 31.3 Å². The van der Waals surface area contributed by atoms with Crippen LogP contribution in [0.4, 0.5) is 4.39 Å². The number of nitrogens with one attached hydrogen (secondary N) is 1. The summed E-state index contributed by atoms with van der Waals surface area (Å²) in [7, 11) is 0. The van der Waals surface area contributed by atoms with Crippen molar-refractivity contribution in [2.24, 2.45) is 5.73 Å². The van der Waals surface area contributed by atoms with Crippen molar-refractivity contribution in [3.05, 3.63) is 88.9 Å². The van der Waals surface area contributed by atoms with Gasteiger partial charge in [-0.05, 0) is 98.0 Å². The molecule has 8 nitrogen and oxygen atoms in total. The average Bonchev–Trinajstić information content (AvgIpc) is 3.44. The summed E-state index contributed by atoms with van der Waals surface area (Å²) >= 11 is 0. The number of likely N-dealkylation sites (tertiary alicyclic amines) is 1. The normalized spacial score (nSPS) is 19.1. The predicted octanol–water partition coefficient (Wildman–Crippen LogP) is 4.83. The average molecular weight is 583 g/mol. The topological polar surface area (TPSA) is 106 Å². The number of carbonyl (C=O) groups is 2. The fourth-order valence-electron chi connectivity index (χ4n) is 6.57. The van der Waals surface area contributed by atoms with Gasteiger partial charge in [0.2, 0.25) is 11.8 Å². The molecule has 43 heavy (non-hydrogen) atoms. The van der Waals surface area contributed by atoms with E-state index in [1.165, 1.54) is 5.56 Å². The van der Waals surface area contributed by atoms with Crippen LogP contribution in [0.1, 0.15) is 71.8 Å². The van der Waals surface area contributed by atoms with Crippen LogP contribution in [0.25, 0.3) is 16.8 Å². The first-order valence-electron chi connectivity index (χ1n) is 15.3. The molecule has 2 amide bonds. The van der Waals surface area contributed by atoms with E-state index in [-0.39, 0.29) is 17.7 Å². The molecule has 0 bridgehead atoms. The van der Waals surface area contributed by atoms with Crippen molar-refractivity contribution in [1.82, 2.24) is 24.8 Å². The van der Waals surface area contributed by atoms with Gasteiger partial charge in [-0.15, -0.1) is 0 Å². The maximum absolute atomic E-state index is 15.1. The molecule has 3 N–H and O–H groups in total. The Morgan fingerprint density at radius 3 is 2.53 bits per heavy atom. The van der Waals surface area contributed by atoms with Gasteiger partial charge in [-0.3, -0.25) is 14.9 Å². The molecule has 0 saturated carbocycles. The molecule has 4 heterocycles. The van der Waals surface area contributed by atoms with Crippen molar-refractivity contribution in [2.45, 2.75) is 70.0 Å². The smallest absolute Gasteiger partial charge is 0.234 e. The number of hydrogen-bond donors (Lipinski definition) is 2. The van der Waals surface area contributed by atoms with E-state index in [2.05, 4.69) is 51.5 Å². The molecule has 2 aromatic carbocycles. The lowest BCUT2D eigenvalue weighted by Crippen LogP contribution is -2.39. The second-order valence-corrected chi connectivity index (χ2v) is 12.0. The van der Waals surface area contributed by atoms with Crippen LogP contribution >= 0.6 is 0 Å². The highest BCUT2D eigenvalue weighted by Gasteiger charge is 2.28. The first-order valence-corrected chi connectivity index (χ1v) is 15.3. The summed E-state index contributed by atoms with van der Waals surface area (Å²) in [5.74, 6) is -0.216. The molecule has 6 rings (SSSR count). The van der Waals surface area contributed by atoms with E-state index in [1.54, 1.807) is 6.33 Å². The first kappa shape index (κ1) is 29.1. The first-order chi connectivity index (χ1) is 20.9. The van der Waals surface area contributed by atoms with Crippen LogP contribution in [0.3, 0.4) is 0 Å². The number of carbonyl (C=O) groups excluding carboxylic acids is 2. The van der Waals surface area contributed by atoms with E-state index in [9.17, 15) is 9.59 Å². The van der Waals surface area contributed by atoms with Crippen molar-refractivity contribution >= 4 is 17.3 Å². The predicted molar refractivity (Wildman–Crippen MR) is 164 cm³/mol. The molecule has 224 valence electrons. The number of aromatic nitrogens is 3. The number of nitrogens with two attached hydrogens (primary N) is 1. The monoisotopic (exact) mass is 582 g/mol. The number of imide groups is 1. The van der Waals surface area contributed by atoms with Crippen LogP contribution in [-0.2, 0) is 22.6 Å². The number of rotatable bonds is 9. The Hall–Kier alpha value is -3.95. The molecule has 2 aliphatic rings. The molecule has 9 heteroatoms. The SMILES string of the molecule is Cc1cc(-c2ncnn3cc(CCC(F)CN4CCC(c5ccc(C6CCC(=O)NC6=O)cc5)CC4)cc23)ccc1CN. The van der Waals surface area contributed by atoms with Gasteiger partial charge in [-0.1, -0.05) is 36.4 Å². The molecule has 4 aromatic rings. The zero-order valence-corrected chi connectivity index (χ0v) is 24.6. The molecule has 0 radical (unpaired) electrons. The zero-order valence-electron chi connectivity index (χ0n) is 24.6. The van der Waals surface area contributed by atoms with Crippen LogP contribution < -0.4 is 11.1 Å². The molecule has 2 unspecified atom stereocenters. The van der Waals surface area contributed by atoms with Crippen LogP contribution in [0.15, 0.2) is 61.1 Å². The number of alkyl halides is 1. The molecule has 2 saturated heterocycles. The maximum Gasteiger partial charge on any atom is 0.234 e. The summed E-state index contributed by atoms with van der Waals surface area (Å²) in [6.45, 7) is 4.76. The quantitative estimate of drug-likeness (QED) is 0.274. The van der Waals surface area contributed by atoms with E-state index >= 15 is 4.39 Å². The van der Waals surface area contributed by atoms with Crippen LogP contribution in [0, 0.1) is 6.92 Å². The van der Waals surface area contributed by atoms with E-state index in [4.69, 9.17) is 5.73 Å². The fraction of sp³-hybridized carbons (Fsp3) is 0.412. The summed E-state index contributed by atoms with van der Waals surface area (Å²) in [5, 5.41) is 6.82. The van der Waals surface area contributed by atoms with Gasteiger partial charge < -0.3 is 10.6 Å². The Morgan fingerprint density at radius 2 is 1.81 bits per heavy atom. The van der Waals surface area contributed by atoms with Gasteiger partial charge >= 0.3 is 0 Å². The highest BCUT2D eigenvalue weighted by atomic mass is 19.1. The van der Waals surface area contributed by atoms with Gasteiger partial charge in [0.25, 0.3) is 0 Å². The lowest BCUT2D eigenvalue weighted by molar-refractivity contribution is -0.134. The molecule has 2 atom stereocenters. The Bertz CT molecular complexity index is 1610. The number of benzene rings is 2. The van der Waals surface area contributed by atoms with Gasteiger partial charge in [-0.25, -0.2) is 13.9 Å². The molecule has 2 aromatic heterocycles. The molecule has 2 aliphatic heterocycles. The van der Waals surface area contributed by atoms with Gasteiger partial charge in [0.15, 0.2) is 0 Å². The molecular formula is C34H39FN6O2. The number of fused-ring (bicyclic) bond motifs is 1. The fourth-order valence-corrected chi connectivity index (χ4v) is 6.57. The number of nitrogens with zero attached hydrogens (tertiary/aromatic N) is 4. The summed E-state index contributed by atoms with van der Waals surface area (Å²) in [4.78, 5) is 30.4. The molecule has 0 spiro atoms. The zero-order chi connectivity index (χ0) is 29.9. The summed E-state index contributed by atoms with van der Waals surface area (Å²) in [6.07, 6.45) is 6.67. The van der Waals surface area contributed by atoms with E-state index in [0.29, 0.717) is 44.7 Å². The van der Waals surface area contributed by atoms with Crippen molar-refractivity contribution in [2.75, 3.05) is 19.6 Å². The van der Waals surface area contributed by atoms with E-state index in [1.807, 2.05) is 35.0 Å². The second kappa shape index (κ2) is 12.7. The third-order valence-electron chi connectivity index (χ3n) is 9.14. The number of aryl methyl sites for hydroxylation is 2. The Kier molecular flexibility index (Phi) is 8.63. The van der Waals surface area contributed by atoms with Crippen molar-refractivity contribution in [1.29, 1.82) is 0 Å². The highest BCUT2D eigenvalue weighted by molar-refractivity contribution is 6.00. The number of amides is 2. The van der Waals surface area contributed by atoms with Crippen molar-refractivity contribution < 1.29 is 14.0 Å². The Balaban J connectivity index is 0.999. The Morgan fingerprint density at radius 1 is 1.05 bits per heavy atom. The van der Waals surface area contributed by atoms with Crippen molar-refractivity contribution in [3.63, 3.8) is 0 Å². The van der Waals surface area contributed by atoms with Crippen molar-refractivity contribution in [3.8, 4) is 11.3 Å². The van der Waals surface area contributed by atoms with Gasteiger partial charge in [0.1, 0.15) is 12.5 Å². The lowest BCUT2D eigenvalue weighted by Gasteiger charge is -2.33. The minimum atomic E-state index is -0.899. The summed E-state index contributed by atoms with van der Waals surface area (Å²) < 4.78 is 17.0. The van der Waals surface area contributed by atoms with E-state index in [0.717, 1.165) is 65.0 Å². The van der Waals surface area contributed by atoms with Gasteiger partial charge in [0.05, 0.1) is 17.1 Å². The lowest BCUT2D eigenvalue weighted by atomic mass is 9.86. The molecular weight excluding hydrogens is 543 g/mol. The van der Waals surface area contributed by atoms with Crippen LogP contribution in [0.5, 0.6) is 0 Å². The molecule has 0 aliphatic carbocycles. The number of halogens is 1. The van der Waals surface area contributed by atoms with E-state index < -0.39 is 6.17 Å². The number of piperidine rings is 2. The minimum absolute atomic E-state index is 0.191.